The summed E-state index contributed by atoms with van der Waals surface area (Å²) in [5.41, 5.74) is 1.78. The second-order valence-electron chi connectivity index (χ2n) is 9.33. The maximum absolute atomic E-state index is 13.0. The maximum atomic E-state index is 13.0. The lowest BCUT2D eigenvalue weighted by molar-refractivity contribution is -0.126. The lowest BCUT2D eigenvalue weighted by atomic mass is 9.78. The van der Waals surface area contributed by atoms with E-state index in [4.69, 9.17) is 0 Å². The molecule has 0 spiro atoms. The molecule has 6 nitrogen and oxygen atoms in total. The first kappa shape index (κ1) is 23.6. The van der Waals surface area contributed by atoms with Crippen LogP contribution in [0.25, 0.3) is 0 Å². The minimum atomic E-state index is -3.63. The molecule has 176 valence electrons. The van der Waals surface area contributed by atoms with Gasteiger partial charge in [-0.1, -0.05) is 55.3 Å². The summed E-state index contributed by atoms with van der Waals surface area (Å²) in [4.78, 5) is 24.6. The second-order valence-corrected chi connectivity index (χ2v) is 11.3. The zero-order valence-electron chi connectivity index (χ0n) is 19.1. The number of carbonyl (C=O) groups excluding carboxylic acids is 2. The van der Waals surface area contributed by atoms with E-state index in [0.29, 0.717) is 38.0 Å². The molecule has 2 aromatic carbocycles. The van der Waals surface area contributed by atoms with Crippen molar-refractivity contribution >= 4 is 21.7 Å². The van der Waals surface area contributed by atoms with E-state index in [-0.39, 0.29) is 27.9 Å². The van der Waals surface area contributed by atoms with E-state index in [1.165, 1.54) is 41.8 Å². The van der Waals surface area contributed by atoms with E-state index >= 15 is 0 Å². The number of benzene rings is 2. The Labute approximate surface area is 196 Å². The smallest absolute Gasteiger partial charge is 0.243 e. The zero-order chi connectivity index (χ0) is 23.5. The Morgan fingerprint density at radius 3 is 2.15 bits per heavy atom. The van der Waals surface area contributed by atoms with Gasteiger partial charge >= 0.3 is 0 Å². The van der Waals surface area contributed by atoms with Gasteiger partial charge in [0, 0.05) is 36.5 Å². The third-order valence-electron chi connectivity index (χ3n) is 7.27. The van der Waals surface area contributed by atoms with Crippen molar-refractivity contribution in [2.24, 2.45) is 5.92 Å². The van der Waals surface area contributed by atoms with Gasteiger partial charge in [0.25, 0.3) is 0 Å². The number of nitrogens with zero attached hydrogens (tertiary/aromatic N) is 1. The molecule has 1 saturated carbocycles. The van der Waals surface area contributed by atoms with Gasteiger partial charge < -0.3 is 5.32 Å². The highest BCUT2D eigenvalue weighted by Gasteiger charge is 2.37. The highest BCUT2D eigenvalue weighted by Crippen LogP contribution is 2.40. The molecule has 2 aromatic rings. The van der Waals surface area contributed by atoms with Crippen molar-refractivity contribution in [3.8, 4) is 0 Å². The topological polar surface area (TPSA) is 83.6 Å². The molecule has 0 unspecified atom stereocenters. The van der Waals surface area contributed by atoms with Gasteiger partial charge in [-0.05, 0) is 50.3 Å². The van der Waals surface area contributed by atoms with Crippen molar-refractivity contribution in [1.82, 2.24) is 9.62 Å². The molecule has 0 bridgehead atoms. The molecular weight excluding hydrogens is 436 g/mol. The van der Waals surface area contributed by atoms with Crippen molar-refractivity contribution in [2.45, 2.75) is 55.8 Å². The van der Waals surface area contributed by atoms with Gasteiger partial charge in [-0.2, -0.15) is 4.31 Å². The number of sulfonamides is 1. The van der Waals surface area contributed by atoms with Crippen LogP contribution in [0.5, 0.6) is 0 Å². The first-order chi connectivity index (χ1) is 15.8. The number of hydrogen-bond donors (Lipinski definition) is 1. The maximum Gasteiger partial charge on any atom is 0.243 e. The summed E-state index contributed by atoms with van der Waals surface area (Å²) in [5, 5.41) is 3.20. The summed E-state index contributed by atoms with van der Waals surface area (Å²) in [6, 6.07) is 16.5. The average molecular weight is 469 g/mol. The van der Waals surface area contributed by atoms with Gasteiger partial charge in [0.2, 0.25) is 15.9 Å². The van der Waals surface area contributed by atoms with Crippen LogP contribution in [0.1, 0.15) is 61.4 Å². The quantitative estimate of drug-likeness (QED) is 0.625. The molecule has 1 aliphatic carbocycles. The number of nitrogens with one attached hydrogen (secondary N) is 1. The van der Waals surface area contributed by atoms with Crippen molar-refractivity contribution in [2.75, 3.05) is 19.6 Å². The predicted molar refractivity (Wildman–Crippen MR) is 128 cm³/mol. The van der Waals surface area contributed by atoms with Gasteiger partial charge in [0.1, 0.15) is 0 Å². The van der Waals surface area contributed by atoms with E-state index in [1.807, 2.05) is 6.07 Å². The SMILES string of the molecule is CC(=O)c1ccc(S(=O)(=O)N2CCC(C(=O)NCC3(c4ccccc4)CCCC3)CC2)cc1. The molecule has 0 radical (unpaired) electrons. The van der Waals surface area contributed by atoms with Crippen molar-refractivity contribution in [1.29, 1.82) is 0 Å². The molecule has 2 fully saturated rings. The summed E-state index contributed by atoms with van der Waals surface area (Å²) in [6.07, 6.45) is 5.53. The molecule has 1 amide bonds. The Balaban J connectivity index is 1.34. The highest BCUT2D eigenvalue weighted by molar-refractivity contribution is 7.89. The largest absolute Gasteiger partial charge is 0.355 e. The molecule has 1 saturated heterocycles. The van der Waals surface area contributed by atoms with Crippen LogP contribution in [0, 0.1) is 5.92 Å². The van der Waals surface area contributed by atoms with Crippen LogP contribution in [0.4, 0.5) is 0 Å². The number of hydrogen-bond acceptors (Lipinski definition) is 4. The van der Waals surface area contributed by atoms with E-state index < -0.39 is 10.0 Å². The van der Waals surface area contributed by atoms with Crippen LogP contribution in [-0.4, -0.2) is 44.0 Å². The number of amides is 1. The zero-order valence-corrected chi connectivity index (χ0v) is 19.9. The van der Waals surface area contributed by atoms with Gasteiger partial charge in [-0.25, -0.2) is 8.42 Å². The number of rotatable bonds is 7. The molecule has 1 N–H and O–H groups in total. The monoisotopic (exact) mass is 468 g/mol. The standard InChI is InChI=1S/C26H32N2O4S/c1-20(29)21-9-11-24(12-10-21)33(31,32)28-17-13-22(14-18-28)25(30)27-19-26(15-5-6-16-26)23-7-3-2-4-8-23/h2-4,7-12,22H,5-6,13-19H2,1H3,(H,27,30). The average Bonchev–Trinajstić information content (AvgIpc) is 3.33. The Morgan fingerprint density at radius 2 is 1.58 bits per heavy atom. The Bertz CT molecular complexity index is 1080. The molecule has 7 heteroatoms. The number of Topliss-reactive ketones (excluding diaryl/α,β-unsaturated/α-hetero) is 1. The molecule has 2 aliphatic rings. The van der Waals surface area contributed by atoms with Crippen LogP contribution in [0.3, 0.4) is 0 Å². The molecular formula is C26H32N2O4S. The molecule has 4 rings (SSSR count). The number of carbonyl (C=O) groups is 2. The fourth-order valence-corrected chi connectivity index (χ4v) is 6.65. The number of ketones is 1. The lowest BCUT2D eigenvalue weighted by Gasteiger charge is -2.33. The van der Waals surface area contributed by atoms with Gasteiger partial charge in [0.05, 0.1) is 4.90 Å². The van der Waals surface area contributed by atoms with Gasteiger partial charge in [-0.3, -0.25) is 9.59 Å². The lowest BCUT2D eigenvalue weighted by Crippen LogP contribution is -2.45. The Morgan fingerprint density at radius 1 is 0.970 bits per heavy atom. The van der Waals surface area contributed by atoms with E-state index in [2.05, 4.69) is 29.6 Å². The first-order valence-electron chi connectivity index (χ1n) is 11.8. The van der Waals surface area contributed by atoms with Gasteiger partial charge in [0.15, 0.2) is 5.78 Å². The fraction of sp³-hybridized carbons (Fsp3) is 0.462. The van der Waals surface area contributed by atoms with E-state index in [0.717, 1.165) is 12.8 Å². The van der Waals surface area contributed by atoms with Gasteiger partial charge in [-0.15, -0.1) is 0 Å². The molecule has 0 aromatic heterocycles. The summed E-state index contributed by atoms with van der Waals surface area (Å²) in [7, 11) is -3.63. The van der Waals surface area contributed by atoms with Crippen LogP contribution >= 0.6 is 0 Å². The Kier molecular flexibility index (Phi) is 7.00. The highest BCUT2D eigenvalue weighted by atomic mass is 32.2. The summed E-state index contributed by atoms with van der Waals surface area (Å²) >= 11 is 0. The molecule has 33 heavy (non-hydrogen) atoms. The molecule has 0 atom stereocenters. The molecule has 1 aliphatic heterocycles. The first-order valence-corrected chi connectivity index (χ1v) is 13.2. The van der Waals surface area contributed by atoms with Crippen LogP contribution in [0.2, 0.25) is 0 Å². The van der Waals surface area contributed by atoms with Crippen molar-refractivity contribution in [3.05, 3.63) is 65.7 Å². The summed E-state index contributed by atoms with van der Waals surface area (Å²) < 4.78 is 27.4. The summed E-state index contributed by atoms with van der Waals surface area (Å²) in [5.74, 6) is -0.247. The van der Waals surface area contributed by atoms with E-state index in [9.17, 15) is 18.0 Å². The third kappa shape index (κ3) is 5.04. The van der Waals surface area contributed by atoms with Crippen molar-refractivity contribution in [3.63, 3.8) is 0 Å². The number of piperidine rings is 1. The minimum absolute atomic E-state index is 0.00694. The van der Waals surface area contributed by atoms with Crippen LogP contribution in [-0.2, 0) is 20.2 Å². The Hall–Kier alpha value is -2.51. The predicted octanol–water partition coefficient (Wildman–Crippen LogP) is 3.92. The normalized spacial score (nSPS) is 19.3. The minimum Gasteiger partial charge on any atom is -0.355 e. The van der Waals surface area contributed by atoms with Crippen LogP contribution < -0.4 is 5.32 Å². The second kappa shape index (κ2) is 9.77. The summed E-state index contributed by atoms with van der Waals surface area (Å²) in [6.45, 7) is 2.72. The van der Waals surface area contributed by atoms with Crippen molar-refractivity contribution < 1.29 is 18.0 Å². The fourth-order valence-electron chi connectivity index (χ4n) is 5.18. The third-order valence-corrected chi connectivity index (χ3v) is 9.18. The van der Waals surface area contributed by atoms with Crippen LogP contribution in [0.15, 0.2) is 59.5 Å². The molecule has 1 heterocycles. The van der Waals surface area contributed by atoms with E-state index in [1.54, 1.807) is 12.1 Å².